The standard InChI is InChI=1S/C21H23N3O2/c1-15-19(20(23-26-15)17-12-8-5-9-13-17)21(25)22-14-18(24(2)3)16-10-6-4-7-11-16/h4-13,18H,14H2,1-3H3,(H,22,25). The van der Waals surface area contributed by atoms with Gasteiger partial charge in [-0.3, -0.25) is 4.79 Å². The van der Waals surface area contributed by atoms with Crippen molar-refractivity contribution >= 4 is 5.91 Å². The molecule has 5 heteroatoms. The Morgan fingerprint density at radius 2 is 1.69 bits per heavy atom. The van der Waals surface area contributed by atoms with Crippen LogP contribution < -0.4 is 5.32 Å². The maximum absolute atomic E-state index is 12.8. The van der Waals surface area contributed by atoms with Crippen molar-refractivity contribution < 1.29 is 9.32 Å². The van der Waals surface area contributed by atoms with Crippen molar-refractivity contribution in [3.8, 4) is 11.3 Å². The highest BCUT2D eigenvalue weighted by Crippen LogP contribution is 2.25. The van der Waals surface area contributed by atoms with Gasteiger partial charge in [-0.2, -0.15) is 0 Å². The molecule has 0 spiro atoms. The molecule has 3 rings (SSSR count). The zero-order valence-electron chi connectivity index (χ0n) is 15.3. The highest BCUT2D eigenvalue weighted by molar-refractivity contribution is 6.00. The lowest BCUT2D eigenvalue weighted by Crippen LogP contribution is -2.34. The number of nitrogens with one attached hydrogen (secondary N) is 1. The molecule has 1 N–H and O–H groups in total. The van der Waals surface area contributed by atoms with Crippen molar-refractivity contribution in [3.05, 3.63) is 77.6 Å². The van der Waals surface area contributed by atoms with Crippen LogP contribution in [0.2, 0.25) is 0 Å². The second kappa shape index (κ2) is 7.97. The summed E-state index contributed by atoms with van der Waals surface area (Å²) in [6, 6.07) is 19.8. The molecule has 1 unspecified atom stereocenters. The molecule has 0 radical (unpaired) electrons. The van der Waals surface area contributed by atoms with E-state index in [1.54, 1.807) is 6.92 Å². The van der Waals surface area contributed by atoms with Gasteiger partial charge >= 0.3 is 0 Å². The molecule has 0 saturated carbocycles. The zero-order valence-corrected chi connectivity index (χ0v) is 15.3. The monoisotopic (exact) mass is 349 g/mol. The first kappa shape index (κ1) is 17.9. The second-order valence-electron chi connectivity index (χ2n) is 6.43. The number of hydrogen-bond donors (Lipinski definition) is 1. The summed E-state index contributed by atoms with van der Waals surface area (Å²) in [5.41, 5.74) is 3.08. The van der Waals surface area contributed by atoms with Crippen molar-refractivity contribution in [3.63, 3.8) is 0 Å². The smallest absolute Gasteiger partial charge is 0.257 e. The van der Waals surface area contributed by atoms with E-state index in [-0.39, 0.29) is 11.9 Å². The minimum Gasteiger partial charge on any atom is -0.360 e. The molecule has 1 aromatic heterocycles. The Labute approximate surface area is 153 Å². The molecule has 0 aliphatic carbocycles. The fourth-order valence-corrected chi connectivity index (χ4v) is 2.98. The van der Waals surface area contributed by atoms with E-state index in [0.717, 1.165) is 11.1 Å². The maximum atomic E-state index is 12.8. The second-order valence-corrected chi connectivity index (χ2v) is 6.43. The van der Waals surface area contributed by atoms with Crippen LogP contribution in [0.4, 0.5) is 0 Å². The molecule has 0 bridgehead atoms. The van der Waals surface area contributed by atoms with Gasteiger partial charge in [-0.25, -0.2) is 0 Å². The van der Waals surface area contributed by atoms with Gasteiger partial charge in [0.05, 0.1) is 6.04 Å². The molecule has 1 heterocycles. The van der Waals surface area contributed by atoms with E-state index in [9.17, 15) is 4.79 Å². The van der Waals surface area contributed by atoms with Crippen LogP contribution in [0, 0.1) is 6.92 Å². The minimum atomic E-state index is -0.176. The third-order valence-electron chi connectivity index (χ3n) is 4.40. The molecule has 0 saturated heterocycles. The van der Waals surface area contributed by atoms with E-state index in [0.29, 0.717) is 23.6 Å². The van der Waals surface area contributed by atoms with Crippen LogP contribution in [0.3, 0.4) is 0 Å². The van der Waals surface area contributed by atoms with Crippen LogP contribution in [0.5, 0.6) is 0 Å². The van der Waals surface area contributed by atoms with Gasteiger partial charge in [-0.05, 0) is 26.6 Å². The van der Waals surface area contributed by atoms with Crippen molar-refractivity contribution in [1.29, 1.82) is 0 Å². The average Bonchev–Trinajstić information content (AvgIpc) is 3.04. The Hall–Kier alpha value is -2.92. The molecule has 1 amide bonds. The van der Waals surface area contributed by atoms with Crippen LogP contribution in [-0.2, 0) is 0 Å². The fourth-order valence-electron chi connectivity index (χ4n) is 2.98. The number of amides is 1. The molecule has 0 aliphatic rings. The first-order valence-electron chi connectivity index (χ1n) is 8.59. The average molecular weight is 349 g/mol. The molecular formula is C21H23N3O2. The van der Waals surface area contributed by atoms with Gasteiger partial charge in [-0.1, -0.05) is 65.8 Å². The van der Waals surface area contributed by atoms with E-state index in [2.05, 4.69) is 27.5 Å². The number of carbonyl (C=O) groups excluding carboxylic acids is 1. The Morgan fingerprint density at radius 1 is 1.08 bits per heavy atom. The molecule has 0 aliphatic heterocycles. The highest BCUT2D eigenvalue weighted by atomic mass is 16.5. The molecule has 3 aromatic rings. The number of benzene rings is 2. The van der Waals surface area contributed by atoms with Gasteiger partial charge in [0.25, 0.3) is 5.91 Å². The first-order chi connectivity index (χ1) is 12.6. The quantitative estimate of drug-likeness (QED) is 0.737. The number of carbonyl (C=O) groups is 1. The topological polar surface area (TPSA) is 58.4 Å². The van der Waals surface area contributed by atoms with Gasteiger partial charge < -0.3 is 14.7 Å². The summed E-state index contributed by atoms with van der Waals surface area (Å²) in [5.74, 6) is 0.341. The lowest BCUT2D eigenvalue weighted by molar-refractivity contribution is 0.0941. The lowest BCUT2D eigenvalue weighted by Gasteiger charge is -2.25. The van der Waals surface area contributed by atoms with E-state index in [1.807, 2.05) is 62.6 Å². The molecule has 5 nitrogen and oxygen atoms in total. The van der Waals surface area contributed by atoms with Gasteiger partial charge in [0, 0.05) is 12.1 Å². The molecular weight excluding hydrogens is 326 g/mol. The third-order valence-corrected chi connectivity index (χ3v) is 4.40. The molecule has 26 heavy (non-hydrogen) atoms. The summed E-state index contributed by atoms with van der Waals surface area (Å²) >= 11 is 0. The van der Waals surface area contributed by atoms with E-state index < -0.39 is 0 Å². The summed E-state index contributed by atoms with van der Waals surface area (Å²) in [5, 5.41) is 7.12. The number of hydrogen-bond acceptors (Lipinski definition) is 4. The Kier molecular flexibility index (Phi) is 5.49. The zero-order chi connectivity index (χ0) is 18.5. The van der Waals surface area contributed by atoms with Crippen LogP contribution >= 0.6 is 0 Å². The number of nitrogens with zero attached hydrogens (tertiary/aromatic N) is 2. The van der Waals surface area contributed by atoms with Crippen LogP contribution in [0.1, 0.15) is 27.7 Å². The maximum Gasteiger partial charge on any atom is 0.257 e. The van der Waals surface area contributed by atoms with E-state index >= 15 is 0 Å². The third kappa shape index (κ3) is 3.83. The molecule has 1 atom stereocenters. The summed E-state index contributed by atoms with van der Waals surface area (Å²) < 4.78 is 5.29. The largest absolute Gasteiger partial charge is 0.360 e. The lowest BCUT2D eigenvalue weighted by atomic mass is 10.0. The van der Waals surface area contributed by atoms with Crippen molar-refractivity contribution in [1.82, 2.24) is 15.4 Å². The normalized spacial score (nSPS) is 12.2. The predicted molar refractivity (Wildman–Crippen MR) is 102 cm³/mol. The van der Waals surface area contributed by atoms with E-state index in [4.69, 9.17) is 4.52 Å². The number of aryl methyl sites for hydroxylation is 1. The fraction of sp³-hybridized carbons (Fsp3) is 0.238. The predicted octanol–water partition coefficient (Wildman–Crippen LogP) is 3.68. The van der Waals surface area contributed by atoms with Crippen molar-refractivity contribution in [2.24, 2.45) is 0 Å². The highest BCUT2D eigenvalue weighted by Gasteiger charge is 2.23. The number of rotatable bonds is 6. The minimum absolute atomic E-state index is 0.0838. The summed E-state index contributed by atoms with van der Waals surface area (Å²) in [4.78, 5) is 14.9. The summed E-state index contributed by atoms with van der Waals surface area (Å²) in [6.07, 6.45) is 0. The first-order valence-corrected chi connectivity index (χ1v) is 8.59. The molecule has 2 aromatic carbocycles. The van der Waals surface area contributed by atoms with Gasteiger partial charge in [-0.15, -0.1) is 0 Å². The molecule has 0 fully saturated rings. The van der Waals surface area contributed by atoms with E-state index in [1.165, 1.54) is 0 Å². The Bertz CT molecular complexity index is 857. The summed E-state index contributed by atoms with van der Waals surface area (Å²) in [7, 11) is 4.01. The van der Waals surface area contributed by atoms with Crippen LogP contribution in [0.15, 0.2) is 65.2 Å². The Morgan fingerprint density at radius 3 is 2.31 bits per heavy atom. The van der Waals surface area contributed by atoms with Gasteiger partial charge in [0.2, 0.25) is 0 Å². The van der Waals surface area contributed by atoms with Gasteiger partial charge in [0.1, 0.15) is 17.0 Å². The van der Waals surface area contributed by atoms with Gasteiger partial charge in [0.15, 0.2) is 0 Å². The van der Waals surface area contributed by atoms with Crippen molar-refractivity contribution in [2.75, 3.05) is 20.6 Å². The van der Waals surface area contributed by atoms with Crippen molar-refractivity contribution in [2.45, 2.75) is 13.0 Å². The molecule has 134 valence electrons. The number of likely N-dealkylation sites (N-methyl/N-ethyl adjacent to an activating group) is 1. The van der Waals surface area contributed by atoms with Crippen LogP contribution in [-0.4, -0.2) is 36.6 Å². The van der Waals surface area contributed by atoms with Crippen LogP contribution in [0.25, 0.3) is 11.3 Å². The summed E-state index contributed by atoms with van der Waals surface area (Å²) in [6.45, 7) is 2.25. The Balaban J connectivity index is 1.79. The number of aromatic nitrogens is 1. The SMILES string of the molecule is Cc1onc(-c2ccccc2)c1C(=O)NCC(c1ccccc1)N(C)C.